The lowest BCUT2D eigenvalue weighted by molar-refractivity contribution is 0.302. The first-order valence-corrected chi connectivity index (χ1v) is 5.70. The molecule has 0 aliphatic carbocycles. The molecule has 0 fully saturated rings. The molecule has 80 valence electrons. The molecule has 1 aromatic heterocycles. The lowest BCUT2D eigenvalue weighted by Gasteiger charge is -2.03. The summed E-state index contributed by atoms with van der Waals surface area (Å²) in [4.78, 5) is 4.30. The highest BCUT2D eigenvalue weighted by molar-refractivity contribution is 7.09. The van der Waals surface area contributed by atoms with Gasteiger partial charge in [-0.15, -0.1) is 11.3 Å². The molecule has 0 atom stereocenters. The van der Waals surface area contributed by atoms with Gasteiger partial charge in [0, 0.05) is 5.38 Å². The van der Waals surface area contributed by atoms with Crippen LogP contribution in [0.5, 0.6) is 5.75 Å². The van der Waals surface area contributed by atoms with Gasteiger partial charge in [0.1, 0.15) is 12.4 Å². The average molecular weight is 230 g/mol. The largest absolute Gasteiger partial charge is 0.487 e. The predicted octanol–water partition coefficient (Wildman–Crippen LogP) is 2.90. The van der Waals surface area contributed by atoms with Gasteiger partial charge in [0.25, 0.3) is 0 Å². The van der Waals surface area contributed by atoms with Crippen molar-refractivity contribution in [2.24, 2.45) is 0 Å². The number of benzene rings is 1. The summed E-state index contributed by atoms with van der Waals surface area (Å²) >= 11 is 1.61. The normalized spacial score (nSPS) is 9.75. The Morgan fingerprint density at radius 3 is 2.69 bits per heavy atom. The molecular weight excluding hydrogens is 220 g/mol. The summed E-state index contributed by atoms with van der Waals surface area (Å²) in [5.41, 5.74) is 1.57. The van der Waals surface area contributed by atoms with Crippen LogP contribution in [0.15, 0.2) is 29.6 Å². The molecule has 0 aliphatic rings. The SMILES string of the molecule is Cc1nc(COc2ccc(C#N)cc2)cs1. The fraction of sp³-hybridized carbons (Fsp3) is 0.167. The maximum absolute atomic E-state index is 8.64. The highest BCUT2D eigenvalue weighted by Crippen LogP contribution is 2.15. The van der Waals surface area contributed by atoms with Crippen LogP contribution < -0.4 is 4.74 Å². The quantitative estimate of drug-likeness (QED) is 0.814. The van der Waals surface area contributed by atoms with Crippen LogP contribution >= 0.6 is 11.3 Å². The highest BCUT2D eigenvalue weighted by atomic mass is 32.1. The summed E-state index contributed by atoms with van der Waals surface area (Å²) in [6, 6.07) is 9.12. The summed E-state index contributed by atoms with van der Waals surface area (Å²) in [6.07, 6.45) is 0. The molecule has 0 spiro atoms. The van der Waals surface area contributed by atoms with Gasteiger partial charge in [-0.05, 0) is 31.2 Å². The number of rotatable bonds is 3. The Balaban J connectivity index is 1.97. The minimum atomic E-state index is 0.468. The summed E-state index contributed by atoms with van der Waals surface area (Å²) < 4.78 is 5.54. The molecule has 16 heavy (non-hydrogen) atoms. The fourth-order valence-electron chi connectivity index (χ4n) is 1.26. The predicted molar refractivity (Wildman–Crippen MR) is 62.3 cm³/mol. The first-order chi connectivity index (χ1) is 7.78. The van der Waals surface area contributed by atoms with Crippen molar-refractivity contribution < 1.29 is 4.74 Å². The maximum atomic E-state index is 8.64. The van der Waals surface area contributed by atoms with E-state index in [0.717, 1.165) is 16.5 Å². The van der Waals surface area contributed by atoms with E-state index < -0.39 is 0 Å². The van der Waals surface area contributed by atoms with E-state index >= 15 is 0 Å². The van der Waals surface area contributed by atoms with Gasteiger partial charge in [-0.3, -0.25) is 0 Å². The van der Waals surface area contributed by atoms with Crippen LogP contribution in [0.25, 0.3) is 0 Å². The van der Waals surface area contributed by atoms with E-state index in [1.54, 1.807) is 35.6 Å². The molecule has 0 radical (unpaired) electrons. The standard InChI is InChI=1S/C12H10N2OS/c1-9-14-11(8-16-9)7-15-12-4-2-10(6-13)3-5-12/h2-5,8H,7H2,1H3. The molecule has 2 rings (SSSR count). The van der Waals surface area contributed by atoms with Crippen molar-refractivity contribution in [1.82, 2.24) is 4.98 Å². The fourth-order valence-corrected chi connectivity index (χ4v) is 1.85. The van der Waals surface area contributed by atoms with E-state index in [4.69, 9.17) is 10.00 Å². The summed E-state index contributed by atoms with van der Waals surface area (Å²) in [6.45, 7) is 2.44. The van der Waals surface area contributed by atoms with Crippen LogP contribution in [0.2, 0.25) is 0 Å². The summed E-state index contributed by atoms with van der Waals surface area (Å²) in [7, 11) is 0. The molecule has 2 aromatic rings. The molecule has 1 aromatic carbocycles. The van der Waals surface area contributed by atoms with Crippen molar-refractivity contribution in [2.75, 3.05) is 0 Å². The van der Waals surface area contributed by atoms with E-state index in [1.807, 2.05) is 12.3 Å². The van der Waals surface area contributed by atoms with Crippen molar-refractivity contribution in [3.63, 3.8) is 0 Å². The zero-order chi connectivity index (χ0) is 11.4. The number of aryl methyl sites for hydroxylation is 1. The molecule has 0 unspecified atom stereocenters. The van der Waals surface area contributed by atoms with Gasteiger partial charge in [0.05, 0.1) is 22.3 Å². The molecule has 1 heterocycles. The van der Waals surface area contributed by atoms with Crippen molar-refractivity contribution in [1.29, 1.82) is 5.26 Å². The first kappa shape index (κ1) is 10.7. The van der Waals surface area contributed by atoms with Crippen LogP contribution in [0.1, 0.15) is 16.3 Å². The Morgan fingerprint density at radius 1 is 1.38 bits per heavy atom. The maximum Gasteiger partial charge on any atom is 0.131 e. The average Bonchev–Trinajstić information content (AvgIpc) is 2.73. The van der Waals surface area contributed by atoms with E-state index in [9.17, 15) is 0 Å². The summed E-state index contributed by atoms with van der Waals surface area (Å²) in [5, 5.41) is 11.7. The number of thiazole rings is 1. The van der Waals surface area contributed by atoms with Gasteiger partial charge in [-0.1, -0.05) is 0 Å². The zero-order valence-electron chi connectivity index (χ0n) is 8.80. The Morgan fingerprint density at radius 2 is 2.12 bits per heavy atom. The Kier molecular flexibility index (Phi) is 3.18. The molecule has 0 aliphatic heterocycles. The van der Waals surface area contributed by atoms with Crippen molar-refractivity contribution in [3.8, 4) is 11.8 Å². The van der Waals surface area contributed by atoms with Crippen molar-refractivity contribution in [2.45, 2.75) is 13.5 Å². The first-order valence-electron chi connectivity index (χ1n) is 4.82. The minimum absolute atomic E-state index is 0.468. The molecule has 3 nitrogen and oxygen atoms in total. The third-order valence-electron chi connectivity index (χ3n) is 2.04. The number of aromatic nitrogens is 1. The van der Waals surface area contributed by atoms with Gasteiger partial charge in [0.15, 0.2) is 0 Å². The number of hydrogen-bond donors (Lipinski definition) is 0. The second kappa shape index (κ2) is 4.77. The van der Waals surface area contributed by atoms with Crippen LogP contribution in [0.3, 0.4) is 0 Å². The number of hydrogen-bond acceptors (Lipinski definition) is 4. The molecule has 4 heteroatoms. The molecule has 0 N–H and O–H groups in total. The number of nitriles is 1. The van der Waals surface area contributed by atoms with Gasteiger partial charge in [-0.2, -0.15) is 5.26 Å². The van der Waals surface area contributed by atoms with E-state index in [2.05, 4.69) is 11.1 Å². The van der Waals surface area contributed by atoms with Crippen LogP contribution in [-0.4, -0.2) is 4.98 Å². The lowest BCUT2D eigenvalue weighted by Crippen LogP contribution is -1.95. The van der Waals surface area contributed by atoms with Gasteiger partial charge >= 0.3 is 0 Å². The third-order valence-corrected chi connectivity index (χ3v) is 2.86. The Hall–Kier alpha value is -1.86. The minimum Gasteiger partial charge on any atom is -0.487 e. The number of nitrogens with zero attached hydrogens (tertiary/aromatic N) is 2. The van der Waals surface area contributed by atoms with E-state index in [1.165, 1.54) is 0 Å². The van der Waals surface area contributed by atoms with Crippen molar-refractivity contribution >= 4 is 11.3 Å². The molecular formula is C12H10N2OS. The molecule has 0 saturated heterocycles. The van der Waals surface area contributed by atoms with Crippen LogP contribution in [-0.2, 0) is 6.61 Å². The smallest absolute Gasteiger partial charge is 0.131 e. The zero-order valence-corrected chi connectivity index (χ0v) is 9.62. The monoisotopic (exact) mass is 230 g/mol. The summed E-state index contributed by atoms with van der Waals surface area (Å²) in [5.74, 6) is 0.754. The van der Waals surface area contributed by atoms with Gasteiger partial charge in [0.2, 0.25) is 0 Å². The van der Waals surface area contributed by atoms with Crippen LogP contribution in [0.4, 0.5) is 0 Å². The van der Waals surface area contributed by atoms with Crippen molar-refractivity contribution in [3.05, 3.63) is 45.9 Å². The second-order valence-electron chi connectivity index (χ2n) is 3.28. The van der Waals surface area contributed by atoms with E-state index in [0.29, 0.717) is 12.2 Å². The Labute approximate surface area is 97.9 Å². The topological polar surface area (TPSA) is 45.9 Å². The third kappa shape index (κ3) is 2.59. The Bertz CT molecular complexity index is 511. The van der Waals surface area contributed by atoms with Gasteiger partial charge < -0.3 is 4.74 Å². The van der Waals surface area contributed by atoms with Crippen LogP contribution in [0, 0.1) is 18.3 Å². The molecule has 0 amide bonds. The van der Waals surface area contributed by atoms with Gasteiger partial charge in [-0.25, -0.2) is 4.98 Å². The van der Waals surface area contributed by atoms with E-state index in [-0.39, 0.29) is 0 Å². The molecule has 0 saturated carbocycles. The lowest BCUT2D eigenvalue weighted by atomic mass is 10.2. The number of ether oxygens (including phenoxy) is 1. The second-order valence-corrected chi connectivity index (χ2v) is 4.34. The molecule has 0 bridgehead atoms. The highest BCUT2D eigenvalue weighted by Gasteiger charge is 1.99.